The first-order valence-corrected chi connectivity index (χ1v) is 14.0. The minimum Gasteiger partial charge on any atom is -0.374 e. The summed E-state index contributed by atoms with van der Waals surface area (Å²) in [5, 5.41) is 5.67. The molecule has 5 fully saturated rings. The van der Waals surface area contributed by atoms with E-state index in [4.69, 9.17) is 25.5 Å². The molecule has 3 aromatic rings. The number of urea groups is 1. The molecule has 0 saturated carbocycles. The summed E-state index contributed by atoms with van der Waals surface area (Å²) in [7, 11) is 2.10. The number of ether oxygens (including phenoxy) is 1. The maximum atomic E-state index is 13.1. The highest BCUT2D eigenvalue weighted by molar-refractivity contribution is 5.91. The van der Waals surface area contributed by atoms with Crippen LogP contribution in [-0.4, -0.2) is 122 Å². The Morgan fingerprint density at radius 2 is 1.67 bits per heavy atom. The van der Waals surface area contributed by atoms with Crippen molar-refractivity contribution in [1.29, 1.82) is 0 Å². The topological polar surface area (TPSA) is 135 Å². The van der Waals surface area contributed by atoms with E-state index in [-0.39, 0.29) is 30.2 Å². The zero-order valence-corrected chi connectivity index (χ0v) is 22.3. The van der Waals surface area contributed by atoms with Crippen LogP contribution in [0, 0.1) is 0 Å². The van der Waals surface area contributed by atoms with E-state index < -0.39 is 0 Å². The number of nitrogens with two attached hydrogens (primary N) is 1. The fourth-order valence-corrected chi connectivity index (χ4v) is 6.28. The Morgan fingerprint density at radius 1 is 0.923 bits per heavy atom. The first kappa shape index (κ1) is 24.5. The molecular weight excluding hydrogens is 498 g/mol. The Morgan fingerprint density at radius 3 is 2.33 bits per heavy atom. The van der Waals surface area contributed by atoms with Crippen LogP contribution in [0.4, 0.5) is 16.7 Å². The number of piperazine rings is 1. The third kappa shape index (κ3) is 4.52. The standard InChI is InChI=1S/C26H35N11O2/c1-33-8-10-35(11-9-33)26(38)34-6-4-18(5-7-34)37-23-21(14-30-37)22(17-12-28-24(27)29-13-17)31-25(32-23)36-15-20-3-2-19(36)16-39-20/h12-14,18-20H,2-11,15-16H2,1H3,(H2,27,28,29). The highest BCUT2D eigenvalue weighted by Crippen LogP contribution is 2.35. The lowest BCUT2D eigenvalue weighted by Crippen LogP contribution is -2.55. The summed E-state index contributed by atoms with van der Waals surface area (Å²) < 4.78 is 7.98. The molecule has 8 heterocycles. The van der Waals surface area contributed by atoms with Gasteiger partial charge in [0.15, 0.2) is 5.65 Å². The van der Waals surface area contributed by atoms with Crippen molar-refractivity contribution in [3.8, 4) is 11.3 Å². The third-order valence-electron chi connectivity index (χ3n) is 8.69. The Hall–Kier alpha value is -3.58. The summed E-state index contributed by atoms with van der Waals surface area (Å²) in [5.74, 6) is 0.917. The number of nitrogens with zero attached hydrogens (tertiary/aromatic N) is 10. The van der Waals surface area contributed by atoms with E-state index in [9.17, 15) is 4.79 Å². The van der Waals surface area contributed by atoms with Gasteiger partial charge in [-0.2, -0.15) is 10.1 Å². The summed E-state index contributed by atoms with van der Waals surface area (Å²) in [6.07, 6.45) is 9.29. The zero-order valence-electron chi connectivity index (χ0n) is 22.3. The van der Waals surface area contributed by atoms with E-state index >= 15 is 0 Å². The maximum Gasteiger partial charge on any atom is 0.320 e. The third-order valence-corrected chi connectivity index (χ3v) is 8.69. The summed E-state index contributed by atoms with van der Waals surface area (Å²) in [5.41, 5.74) is 8.11. The number of carbonyl (C=O) groups excluding carboxylic acids is 1. The predicted molar refractivity (Wildman–Crippen MR) is 145 cm³/mol. The first-order valence-electron chi connectivity index (χ1n) is 14.0. The van der Waals surface area contributed by atoms with E-state index in [0.717, 1.165) is 80.7 Å². The number of amides is 2. The summed E-state index contributed by atoms with van der Waals surface area (Å²) in [4.78, 5) is 40.2. The van der Waals surface area contributed by atoms with Gasteiger partial charge in [0.05, 0.1) is 42.1 Å². The number of morpholine rings is 1. The van der Waals surface area contributed by atoms with Gasteiger partial charge in [-0.25, -0.2) is 24.4 Å². The molecule has 2 atom stereocenters. The highest BCUT2D eigenvalue weighted by Gasteiger charge is 2.37. The van der Waals surface area contributed by atoms with Crippen molar-refractivity contribution in [2.45, 2.75) is 43.9 Å². The molecular formula is C26H35N11O2. The van der Waals surface area contributed by atoms with Gasteiger partial charge in [-0.05, 0) is 32.7 Å². The Kier molecular flexibility index (Phi) is 6.19. The van der Waals surface area contributed by atoms with E-state index in [1.807, 2.05) is 20.7 Å². The summed E-state index contributed by atoms with van der Waals surface area (Å²) in [6, 6.07) is 0.575. The number of anilines is 2. The fraction of sp³-hybridized carbons (Fsp3) is 0.615. The summed E-state index contributed by atoms with van der Waals surface area (Å²) in [6.45, 7) is 6.34. The van der Waals surface area contributed by atoms with E-state index in [1.165, 1.54) is 0 Å². The quantitative estimate of drug-likeness (QED) is 0.524. The van der Waals surface area contributed by atoms with Gasteiger partial charge in [0.25, 0.3) is 0 Å². The molecule has 2 unspecified atom stereocenters. The normalized spacial score (nSPS) is 24.6. The van der Waals surface area contributed by atoms with Crippen molar-refractivity contribution in [2.75, 3.05) is 70.1 Å². The molecule has 8 rings (SSSR count). The Labute approximate surface area is 226 Å². The smallest absolute Gasteiger partial charge is 0.320 e. The number of carbonyl (C=O) groups is 1. The van der Waals surface area contributed by atoms with Gasteiger partial charge >= 0.3 is 6.03 Å². The number of rotatable bonds is 3. The molecule has 0 aliphatic carbocycles. The lowest BCUT2D eigenvalue weighted by molar-refractivity contribution is -0.0231. The molecule has 13 nitrogen and oxygen atoms in total. The molecule has 3 aromatic heterocycles. The lowest BCUT2D eigenvalue weighted by atomic mass is 9.97. The van der Waals surface area contributed by atoms with Crippen LogP contribution in [0.5, 0.6) is 0 Å². The molecule has 0 aromatic carbocycles. The number of aromatic nitrogens is 6. The van der Waals surface area contributed by atoms with Crippen molar-refractivity contribution in [3.63, 3.8) is 0 Å². The van der Waals surface area contributed by atoms with Crippen LogP contribution in [-0.2, 0) is 4.74 Å². The molecule has 206 valence electrons. The van der Waals surface area contributed by atoms with Crippen LogP contribution < -0.4 is 10.6 Å². The van der Waals surface area contributed by atoms with Crippen LogP contribution in [0.15, 0.2) is 18.6 Å². The average Bonchev–Trinajstić information content (AvgIpc) is 3.42. The van der Waals surface area contributed by atoms with Crippen molar-refractivity contribution in [1.82, 2.24) is 44.4 Å². The van der Waals surface area contributed by atoms with E-state index in [2.05, 4.69) is 26.8 Å². The van der Waals surface area contributed by atoms with Crippen LogP contribution in [0.2, 0.25) is 0 Å². The van der Waals surface area contributed by atoms with Gasteiger partial charge in [-0.3, -0.25) is 0 Å². The number of fused-ring (bicyclic) bond motifs is 4. The summed E-state index contributed by atoms with van der Waals surface area (Å²) >= 11 is 0. The van der Waals surface area contributed by atoms with Crippen LogP contribution >= 0.6 is 0 Å². The van der Waals surface area contributed by atoms with Crippen LogP contribution in [0.3, 0.4) is 0 Å². The average molecular weight is 534 g/mol. The molecule has 5 aliphatic heterocycles. The van der Waals surface area contributed by atoms with Crippen LogP contribution in [0.25, 0.3) is 22.3 Å². The van der Waals surface area contributed by atoms with Crippen molar-refractivity contribution < 1.29 is 9.53 Å². The molecule has 2 amide bonds. The van der Waals surface area contributed by atoms with Gasteiger partial charge in [0.1, 0.15) is 0 Å². The minimum absolute atomic E-state index is 0.151. The Bertz CT molecular complexity index is 1340. The SMILES string of the molecule is CN1CCN(C(=O)N2CCC(n3ncc4c(-c5cnc(N)nc5)nc(N5CC6CCC5CO6)nc43)CC2)CC1. The van der Waals surface area contributed by atoms with Crippen LogP contribution in [0.1, 0.15) is 31.7 Å². The molecule has 5 aliphatic rings. The zero-order chi connectivity index (χ0) is 26.5. The predicted octanol–water partition coefficient (Wildman–Crippen LogP) is 1.24. The number of hydrogen-bond acceptors (Lipinski definition) is 10. The second-order valence-electron chi connectivity index (χ2n) is 11.2. The second-order valence-corrected chi connectivity index (χ2v) is 11.2. The number of hydrogen-bond donors (Lipinski definition) is 1. The van der Waals surface area contributed by atoms with Gasteiger partial charge in [0.2, 0.25) is 11.9 Å². The molecule has 2 N–H and O–H groups in total. The molecule has 0 radical (unpaired) electrons. The van der Waals surface area contributed by atoms with Gasteiger partial charge < -0.3 is 30.1 Å². The lowest BCUT2D eigenvalue weighted by Gasteiger charge is -2.45. The number of likely N-dealkylation sites (tertiary alicyclic amines) is 1. The van der Waals surface area contributed by atoms with E-state index in [0.29, 0.717) is 25.6 Å². The van der Waals surface area contributed by atoms with Gasteiger partial charge in [-0.15, -0.1) is 0 Å². The number of piperidine rings is 2. The highest BCUT2D eigenvalue weighted by atomic mass is 16.5. The Balaban J connectivity index is 1.18. The molecule has 0 spiro atoms. The van der Waals surface area contributed by atoms with Crippen molar-refractivity contribution in [3.05, 3.63) is 18.6 Å². The van der Waals surface area contributed by atoms with Crippen molar-refractivity contribution >= 4 is 29.0 Å². The largest absolute Gasteiger partial charge is 0.374 e. The van der Waals surface area contributed by atoms with Gasteiger partial charge in [0, 0.05) is 63.8 Å². The molecule has 2 bridgehead atoms. The number of likely N-dealkylation sites (N-methyl/N-ethyl adjacent to an activating group) is 1. The molecule has 13 heteroatoms. The maximum absolute atomic E-state index is 13.1. The second kappa shape index (κ2) is 9.87. The first-order chi connectivity index (χ1) is 19.0. The van der Waals surface area contributed by atoms with E-state index in [1.54, 1.807) is 12.4 Å². The van der Waals surface area contributed by atoms with Crippen molar-refractivity contribution in [2.24, 2.45) is 0 Å². The number of nitrogen functional groups attached to an aromatic ring is 1. The molecule has 39 heavy (non-hydrogen) atoms. The monoisotopic (exact) mass is 533 g/mol. The van der Waals surface area contributed by atoms with Gasteiger partial charge in [-0.1, -0.05) is 0 Å². The molecule has 5 saturated heterocycles. The fourth-order valence-electron chi connectivity index (χ4n) is 6.28. The minimum atomic E-state index is 0.151.